The highest BCUT2D eigenvalue weighted by Gasteiger charge is 2.47. The third kappa shape index (κ3) is 5.41. The van der Waals surface area contributed by atoms with Crippen molar-refractivity contribution >= 4 is 16.7 Å². The monoisotopic (exact) mass is 408 g/mol. The molecule has 3 rings (SSSR count). The Kier molecular flexibility index (Phi) is 7.00. The molecule has 7 heteroatoms. The van der Waals surface area contributed by atoms with Crippen LogP contribution in [0.3, 0.4) is 0 Å². The molecule has 4 nitrogen and oxygen atoms in total. The summed E-state index contributed by atoms with van der Waals surface area (Å²) in [5, 5.41) is 2.45. The minimum atomic E-state index is -4.51. The van der Waals surface area contributed by atoms with Crippen LogP contribution in [0.4, 0.5) is 13.2 Å². The largest absolute Gasteiger partial charge is 0.493 e. The Morgan fingerprint density at radius 1 is 1.14 bits per heavy atom. The van der Waals surface area contributed by atoms with E-state index >= 15 is 0 Å². The van der Waals surface area contributed by atoms with Gasteiger partial charge in [-0.25, -0.2) is 5.01 Å². The lowest BCUT2D eigenvalue weighted by atomic mass is 10.0. The number of fused-ring (bicyclic) bond motifs is 1. The second-order valence-corrected chi connectivity index (χ2v) is 7.42. The molecular weight excluding hydrogens is 381 g/mol. The van der Waals surface area contributed by atoms with Crippen molar-refractivity contribution in [3.8, 4) is 5.75 Å². The van der Waals surface area contributed by atoms with E-state index in [-0.39, 0.29) is 18.5 Å². The van der Waals surface area contributed by atoms with Crippen LogP contribution in [-0.2, 0) is 4.79 Å². The third-order valence-electron chi connectivity index (χ3n) is 5.16. The van der Waals surface area contributed by atoms with E-state index in [2.05, 4.69) is 12.3 Å². The summed E-state index contributed by atoms with van der Waals surface area (Å²) in [5.74, 6) is 0.193. The van der Waals surface area contributed by atoms with Gasteiger partial charge in [0.05, 0.1) is 6.61 Å². The average Bonchev–Trinajstić information content (AvgIpc) is 3.09. The van der Waals surface area contributed by atoms with Crippen molar-refractivity contribution in [2.75, 3.05) is 13.2 Å². The first kappa shape index (κ1) is 21.4. The van der Waals surface area contributed by atoms with Crippen molar-refractivity contribution in [2.24, 2.45) is 0 Å². The summed E-state index contributed by atoms with van der Waals surface area (Å²) in [6.07, 6.45) is 1.07. The molecule has 1 amide bonds. The fourth-order valence-electron chi connectivity index (χ4n) is 3.68. The number of nitrogens with one attached hydrogen (secondary N) is 1. The quantitative estimate of drug-likeness (QED) is 0.555. The number of carbonyl (C=O) groups excluding carboxylic acids is 1. The number of halogens is 3. The molecule has 1 atom stereocenters. The minimum Gasteiger partial charge on any atom is -0.493 e. The normalized spacial score (nSPS) is 16.2. The highest BCUT2D eigenvalue weighted by molar-refractivity contribution is 5.89. The first-order valence-electron chi connectivity index (χ1n) is 10.2. The van der Waals surface area contributed by atoms with Crippen molar-refractivity contribution in [2.45, 2.75) is 57.7 Å². The molecule has 0 spiro atoms. The maximum absolute atomic E-state index is 13.8. The van der Waals surface area contributed by atoms with Crippen molar-refractivity contribution < 1.29 is 22.7 Å². The zero-order valence-corrected chi connectivity index (χ0v) is 16.6. The lowest BCUT2D eigenvalue weighted by Crippen LogP contribution is -2.43. The third-order valence-corrected chi connectivity index (χ3v) is 5.16. The molecule has 29 heavy (non-hydrogen) atoms. The van der Waals surface area contributed by atoms with Gasteiger partial charge in [-0.05, 0) is 29.5 Å². The predicted molar refractivity (Wildman–Crippen MR) is 106 cm³/mol. The number of ether oxygens (including phenoxy) is 1. The molecule has 1 unspecified atom stereocenters. The summed E-state index contributed by atoms with van der Waals surface area (Å²) in [7, 11) is 0. The summed E-state index contributed by atoms with van der Waals surface area (Å²) in [4.78, 5) is 11.5. The Labute approximate surface area is 169 Å². The first-order chi connectivity index (χ1) is 13.9. The highest BCUT2D eigenvalue weighted by Crippen LogP contribution is 2.40. The Morgan fingerprint density at radius 2 is 1.93 bits per heavy atom. The van der Waals surface area contributed by atoms with E-state index in [0.29, 0.717) is 17.7 Å². The summed E-state index contributed by atoms with van der Waals surface area (Å²) in [6.45, 7) is 2.72. The number of benzene rings is 2. The molecule has 1 heterocycles. The van der Waals surface area contributed by atoms with Crippen LogP contribution in [-0.4, -0.2) is 30.2 Å². The van der Waals surface area contributed by atoms with Crippen LogP contribution in [0.5, 0.6) is 5.75 Å². The summed E-state index contributed by atoms with van der Waals surface area (Å²) in [5.41, 5.74) is 2.41. The predicted octanol–water partition coefficient (Wildman–Crippen LogP) is 5.53. The fourth-order valence-corrected chi connectivity index (χ4v) is 3.68. The number of carbonyl (C=O) groups is 1. The number of alkyl halides is 3. The Morgan fingerprint density at radius 3 is 2.62 bits per heavy atom. The highest BCUT2D eigenvalue weighted by atomic mass is 19.4. The molecule has 1 saturated heterocycles. The van der Waals surface area contributed by atoms with Gasteiger partial charge in [-0.1, -0.05) is 56.9 Å². The number of nitrogens with zero attached hydrogens (tertiary/aromatic N) is 1. The summed E-state index contributed by atoms with van der Waals surface area (Å²) in [6, 6.07) is 8.28. The molecule has 0 radical (unpaired) electrons. The molecule has 1 fully saturated rings. The van der Waals surface area contributed by atoms with Crippen LogP contribution in [0.1, 0.15) is 57.1 Å². The lowest BCUT2D eigenvalue weighted by Gasteiger charge is -2.29. The van der Waals surface area contributed by atoms with Gasteiger partial charge in [-0.15, -0.1) is 0 Å². The van der Waals surface area contributed by atoms with Crippen LogP contribution >= 0.6 is 0 Å². The van der Waals surface area contributed by atoms with Crippen LogP contribution in [0.2, 0.25) is 0 Å². The second-order valence-electron chi connectivity index (χ2n) is 7.42. The van der Waals surface area contributed by atoms with Gasteiger partial charge in [0.1, 0.15) is 11.8 Å². The number of rotatable bonds is 9. The maximum atomic E-state index is 13.8. The number of unbranched alkanes of at least 4 members (excludes halogenated alkanes) is 4. The number of hydrogen-bond donors (Lipinski definition) is 1. The average molecular weight is 408 g/mol. The van der Waals surface area contributed by atoms with Crippen molar-refractivity contribution in [1.29, 1.82) is 0 Å². The van der Waals surface area contributed by atoms with Crippen molar-refractivity contribution in [1.82, 2.24) is 10.4 Å². The van der Waals surface area contributed by atoms with Gasteiger partial charge in [0.15, 0.2) is 0 Å². The minimum absolute atomic E-state index is 0.0248. The van der Waals surface area contributed by atoms with Gasteiger partial charge in [-0.2, -0.15) is 13.2 Å². The molecule has 0 aromatic heterocycles. The van der Waals surface area contributed by atoms with Gasteiger partial charge in [0.2, 0.25) is 5.91 Å². The van der Waals surface area contributed by atoms with Gasteiger partial charge in [0.25, 0.3) is 0 Å². The standard InChI is InChI=1S/C22H27F3N2O2/c1-2-3-4-5-6-14-29-19-9-7-8-16-10-11-17(15-18(16)19)21(22(23,24)25)27-13-12-20(28)26-27/h7-11,15,21H,2-6,12-14H2,1H3,(H,26,28). The Bertz CT molecular complexity index is 838. The van der Waals surface area contributed by atoms with Crippen LogP contribution < -0.4 is 10.2 Å². The molecule has 1 N–H and O–H groups in total. The molecular formula is C22H27F3N2O2. The van der Waals surface area contributed by atoms with Gasteiger partial charge < -0.3 is 4.74 Å². The smallest absolute Gasteiger partial charge is 0.409 e. The zero-order chi connectivity index (χ0) is 20.9. The molecule has 1 aliphatic rings. The molecule has 0 saturated carbocycles. The van der Waals surface area contributed by atoms with Crippen LogP contribution in [0, 0.1) is 0 Å². The topological polar surface area (TPSA) is 41.6 Å². The first-order valence-corrected chi connectivity index (χ1v) is 10.2. The maximum Gasteiger partial charge on any atom is 0.409 e. The molecule has 2 aromatic carbocycles. The van der Waals surface area contributed by atoms with E-state index in [0.717, 1.165) is 29.7 Å². The summed E-state index contributed by atoms with van der Waals surface area (Å²) < 4.78 is 47.3. The van der Waals surface area contributed by atoms with Crippen molar-refractivity contribution in [3.63, 3.8) is 0 Å². The molecule has 0 aliphatic carbocycles. The fraction of sp³-hybridized carbons (Fsp3) is 0.500. The molecule has 2 aromatic rings. The van der Waals surface area contributed by atoms with Gasteiger partial charge >= 0.3 is 6.18 Å². The van der Waals surface area contributed by atoms with E-state index in [1.165, 1.54) is 25.0 Å². The number of amides is 1. The number of hydrazine groups is 1. The van der Waals surface area contributed by atoms with E-state index in [1.807, 2.05) is 12.1 Å². The van der Waals surface area contributed by atoms with Crippen LogP contribution in [0.25, 0.3) is 10.8 Å². The van der Waals surface area contributed by atoms with E-state index < -0.39 is 18.1 Å². The van der Waals surface area contributed by atoms with Gasteiger partial charge in [0, 0.05) is 18.4 Å². The lowest BCUT2D eigenvalue weighted by molar-refractivity contribution is -0.191. The molecule has 1 aliphatic heterocycles. The molecule has 0 bridgehead atoms. The Hall–Kier alpha value is -2.28. The zero-order valence-electron chi connectivity index (χ0n) is 16.6. The molecule has 158 valence electrons. The SMILES string of the molecule is CCCCCCCOc1cccc2ccc(C(N3CCC(=O)N3)C(F)(F)F)cc12. The van der Waals surface area contributed by atoms with Crippen molar-refractivity contribution in [3.05, 3.63) is 42.0 Å². The summed E-state index contributed by atoms with van der Waals surface area (Å²) >= 11 is 0. The van der Waals surface area contributed by atoms with E-state index in [4.69, 9.17) is 4.74 Å². The number of hydrogen-bond acceptors (Lipinski definition) is 3. The van der Waals surface area contributed by atoms with E-state index in [9.17, 15) is 18.0 Å². The second kappa shape index (κ2) is 9.48. The van der Waals surface area contributed by atoms with Gasteiger partial charge in [-0.3, -0.25) is 10.2 Å². The van der Waals surface area contributed by atoms with Crippen LogP contribution in [0.15, 0.2) is 36.4 Å². The Balaban J connectivity index is 1.82. The van der Waals surface area contributed by atoms with E-state index in [1.54, 1.807) is 12.1 Å².